The lowest BCUT2D eigenvalue weighted by atomic mass is 10.3. The number of anilines is 1. The Balaban J connectivity index is 2.98. The highest BCUT2D eigenvalue weighted by atomic mass is 16.2. The van der Waals surface area contributed by atoms with Crippen molar-refractivity contribution in [2.24, 2.45) is 0 Å². The second-order valence-corrected chi connectivity index (χ2v) is 2.32. The van der Waals surface area contributed by atoms with Gasteiger partial charge in [-0.15, -0.1) is 0 Å². The van der Waals surface area contributed by atoms with Crippen molar-refractivity contribution < 1.29 is 4.79 Å². The Morgan fingerprint density at radius 2 is 2.00 bits per heavy atom. The van der Waals surface area contributed by atoms with Gasteiger partial charge >= 0.3 is 0 Å². The van der Waals surface area contributed by atoms with Crippen LogP contribution in [0.2, 0.25) is 0 Å². The first-order chi connectivity index (χ1) is 5.75. The van der Waals surface area contributed by atoms with Gasteiger partial charge in [-0.25, -0.2) is 4.90 Å². The number of terminal acetylenes is 1. The van der Waals surface area contributed by atoms with Gasteiger partial charge in [0.25, 0.3) is 0 Å². The van der Waals surface area contributed by atoms with Crippen molar-refractivity contribution in [3.8, 4) is 12.5 Å². The molecule has 1 aromatic carbocycles. The first kappa shape index (κ1) is 8.35. The Morgan fingerprint density at radius 1 is 1.42 bits per heavy atom. The van der Waals surface area contributed by atoms with E-state index in [4.69, 9.17) is 6.42 Å². The van der Waals surface area contributed by atoms with Crippen LogP contribution in [0.3, 0.4) is 0 Å². The number of carbonyl (C=O) groups is 1. The van der Waals surface area contributed by atoms with Gasteiger partial charge in [0.15, 0.2) is 0 Å². The van der Waals surface area contributed by atoms with Crippen molar-refractivity contribution in [1.29, 1.82) is 0 Å². The average Bonchev–Trinajstić information content (AvgIpc) is 2.07. The van der Waals surface area contributed by atoms with Crippen LogP contribution in [0.15, 0.2) is 30.3 Å². The maximum Gasteiger partial charge on any atom is 0.235 e. The summed E-state index contributed by atoms with van der Waals surface area (Å²) in [5, 5.41) is 0. The SMILES string of the molecule is C#CN(C(C)=O)c1ccccc1. The summed E-state index contributed by atoms with van der Waals surface area (Å²) < 4.78 is 0. The highest BCUT2D eigenvalue weighted by Gasteiger charge is 2.05. The van der Waals surface area contributed by atoms with E-state index in [-0.39, 0.29) is 5.91 Å². The van der Waals surface area contributed by atoms with Crippen LogP contribution < -0.4 is 4.90 Å². The smallest absolute Gasteiger partial charge is 0.235 e. The van der Waals surface area contributed by atoms with Gasteiger partial charge in [-0.3, -0.25) is 4.79 Å². The predicted octanol–water partition coefficient (Wildman–Crippen LogP) is 1.63. The summed E-state index contributed by atoms with van der Waals surface area (Å²) in [4.78, 5) is 12.2. The second-order valence-electron chi connectivity index (χ2n) is 2.32. The van der Waals surface area contributed by atoms with E-state index < -0.39 is 0 Å². The summed E-state index contributed by atoms with van der Waals surface area (Å²) in [5.74, 6) is -0.149. The molecule has 0 atom stereocenters. The molecule has 1 amide bonds. The molecule has 2 heteroatoms. The number of amides is 1. The maximum absolute atomic E-state index is 11.0. The molecular weight excluding hydrogens is 150 g/mol. The minimum absolute atomic E-state index is 0.149. The molecule has 12 heavy (non-hydrogen) atoms. The minimum atomic E-state index is -0.149. The van der Waals surface area contributed by atoms with Crippen LogP contribution in [-0.2, 0) is 4.79 Å². The highest BCUT2D eigenvalue weighted by Crippen LogP contribution is 2.11. The Hall–Kier alpha value is -1.75. The number of hydrogen-bond acceptors (Lipinski definition) is 1. The quantitative estimate of drug-likeness (QED) is 0.450. The number of rotatable bonds is 1. The zero-order valence-corrected chi connectivity index (χ0v) is 6.82. The lowest BCUT2D eigenvalue weighted by molar-refractivity contribution is -0.115. The first-order valence-corrected chi connectivity index (χ1v) is 3.57. The number of benzene rings is 1. The Kier molecular flexibility index (Phi) is 2.49. The van der Waals surface area contributed by atoms with E-state index >= 15 is 0 Å². The summed E-state index contributed by atoms with van der Waals surface area (Å²) in [6.07, 6.45) is 5.16. The molecule has 0 heterocycles. The van der Waals surface area contributed by atoms with Crippen molar-refractivity contribution in [3.63, 3.8) is 0 Å². The molecule has 0 bridgehead atoms. The van der Waals surface area contributed by atoms with Gasteiger partial charge in [-0.2, -0.15) is 0 Å². The molecule has 1 aromatic rings. The van der Waals surface area contributed by atoms with E-state index in [0.29, 0.717) is 0 Å². The fraction of sp³-hybridized carbons (Fsp3) is 0.100. The fourth-order valence-corrected chi connectivity index (χ4v) is 0.924. The maximum atomic E-state index is 11.0. The molecule has 0 saturated heterocycles. The number of carbonyl (C=O) groups excluding carboxylic acids is 1. The average molecular weight is 159 g/mol. The van der Waals surface area contributed by atoms with Crippen molar-refractivity contribution in [2.45, 2.75) is 6.92 Å². The lowest BCUT2D eigenvalue weighted by Crippen LogP contribution is -2.21. The summed E-state index contributed by atoms with van der Waals surface area (Å²) in [7, 11) is 0. The number of hydrogen-bond donors (Lipinski definition) is 0. The molecule has 0 spiro atoms. The topological polar surface area (TPSA) is 20.3 Å². The van der Waals surface area contributed by atoms with Crippen LogP contribution in [0.4, 0.5) is 5.69 Å². The van der Waals surface area contributed by atoms with Gasteiger partial charge in [-0.05, 0) is 12.1 Å². The van der Waals surface area contributed by atoms with E-state index in [9.17, 15) is 4.79 Å². The van der Waals surface area contributed by atoms with Gasteiger partial charge < -0.3 is 0 Å². The molecule has 0 radical (unpaired) electrons. The molecule has 0 aliphatic rings. The monoisotopic (exact) mass is 159 g/mol. The third-order valence-corrected chi connectivity index (χ3v) is 1.46. The third kappa shape index (κ3) is 1.64. The molecule has 60 valence electrons. The standard InChI is InChI=1S/C10H9NO/c1-3-11(9(2)12)10-7-5-4-6-8-10/h1,4-8H,2H3. The van der Waals surface area contributed by atoms with Crippen LogP contribution in [0.1, 0.15) is 6.92 Å². The van der Waals surface area contributed by atoms with Crippen molar-refractivity contribution >= 4 is 11.6 Å². The van der Waals surface area contributed by atoms with Crippen LogP contribution >= 0.6 is 0 Å². The normalized spacial score (nSPS) is 8.67. The molecule has 2 nitrogen and oxygen atoms in total. The van der Waals surface area contributed by atoms with Crippen LogP contribution in [0.25, 0.3) is 0 Å². The fourth-order valence-electron chi connectivity index (χ4n) is 0.924. The van der Waals surface area contributed by atoms with Crippen LogP contribution in [0, 0.1) is 12.5 Å². The molecule has 0 N–H and O–H groups in total. The Bertz CT molecular complexity index is 310. The molecule has 0 aromatic heterocycles. The van der Waals surface area contributed by atoms with Gasteiger partial charge in [0.1, 0.15) is 0 Å². The predicted molar refractivity (Wildman–Crippen MR) is 48.4 cm³/mol. The molecule has 1 rings (SSSR count). The highest BCUT2D eigenvalue weighted by molar-refractivity contribution is 5.94. The largest absolute Gasteiger partial charge is 0.274 e. The molecule has 0 fully saturated rings. The van der Waals surface area contributed by atoms with Gasteiger partial charge in [0, 0.05) is 13.0 Å². The second kappa shape index (κ2) is 3.59. The van der Waals surface area contributed by atoms with Gasteiger partial charge in [0.05, 0.1) is 5.69 Å². The van der Waals surface area contributed by atoms with E-state index in [2.05, 4.69) is 6.04 Å². The summed E-state index contributed by atoms with van der Waals surface area (Å²) in [6.45, 7) is 1.44. The van der Waals surface area contributed by atoms with Crippen molar-refractivity contribution in [3.05, 3.63) is 30.3 Å². The first-order valence-electron chi connectivity index (χ1n) is 3.57. The van der Waals surface area contributed by atoms with Gasteiger partial charge in [-0.1, -0.05) is 24.6 Å². The molecule has 0 aliphatic carbocycles. The van der Waals surface area contributed by atoms with Gasteiger partial charge in [0.2, 0.25) is 5.91 Å². The Morgan fingerprint density at radius 3 is 2.42 bits per heavy atom. The summed E-state index contributed by atoms with van der Waals surface area (Å²) in [5.41, 5.74) is 0.729. The molecule has 0 aliphatic heterocycles. The van der Waals surface area contributed by atoms with Crippen molar-refractivity contribution in [2.75, 3.05) is 4.90 Å². The molecule has 0 saturated carbocycles. The third-order valence-electron chi connectivity index (χ3n) is 1.46. The molecular formula is C10H9NO. The molecule has 0 unspecified atom stereocenters. The Labute approximate surface area is 71.8 Å². The van der Waals surface area contributed by atoms with E-state index in [1.165, 1.54) is 11.8 Å². The summed E-state index contributed by atoms with van der Waals surface area (Å²) >= 11 is 0. The van der Waals surface area contributed by atoms with E-state index in [0.717, 1.165) is 5.69 Å². The lowest BCUT2D eigenvalue weighted by Gasteiger charge is -2.11. The minimum Gasteiger partial charge on any atom is -0.274 e. The number of nitrogens with zero attached hydrogens (tertiary/aromatic N) is 1. The van der Waals surface area contributed by atoms with E-state index in [1.54, 1.807) is 12.1 Å². The zero-order chi connectivity index (χ0) is 8.97. The number of para-hydroxylation sites is 1. The zero-order valence-electron chi connectivity index (χ0n) is 6.82. The summed E-state index contributed by atoms with van der Waals surface area (Å²) in [6, 6.07) is 11.4. The van der Waals surface area contributed by atoms with Crippen molar-refractivity contribution in [1.82, 2.24) is 0 Å². The van der Waals surface area contributed by atoms with Crippen LogP contribution in [0.5, 0.6) is 0 Å². The van der Waals surface area contributed by atoms with Crippen LogP contribution in [-0.4, -0.2) is 5.91 Å². The van der Waals surface area contributed by atoms with E-state index in [1.807, 2.05) is 18.2 Å².